The molecular formula is C24H31N3O. The second-order valence-corrected chi connectivity index (χ2v) is 8.50. The molecule has 3 heterocycles. The molecule has 4 rings (SSSR count). The molecule has 0 bridgehead atoms. The van der Waals surface area contributed by atoms with E-state index in [9.17, 15) is 4.79 Å². The van der Waals surface area contributed by atoms with Crippen LogP contribution in [0, 0.1) is 5.41 Å². The normalized spacial score (nSPS) is 19.9. The molecule has 1 aromatic carbocycles. The van der Waals surface area contributed by atoms with E-state index in [-0.39, 0.29) is 0 Å². The number of hydrogen-bond donors (Lipinski definition) is 0. The number of likely N-dealkylation sites (tertiary alicyclic amines) is 2. The Morgan fingerprint density at radius 2 is 1.54 bits per heavy atom. The molecular weight excluding hydrogens is 346 g/mol. The Morgan fingerprint density at radius 1 is 0.857 bits per heavy atom. The number of carbonyl (C=O) groups is 1. The smallest absolute Gasteiger partial charge is 0.222 e. The zero-order chi connectivity index (χ0) is 19.2. The number of hydrogen-bond acceptors (Lipinski definition) is 3. The van der Waals surface area contributed by atoms with E-state index in [1.54, 1.807) is 0 Å². The Hall–Kier alpha value is -2.20. The minimum atomic E-state index is 0.339. The zero-order valence-electron chi connectivity index (χ0n) is 16.7. The van der Waals surface area contributed by atoms with Crippen LogP contribution >= 0.6 is 0 Å². The maximum atomic E-state index is 12.5. The fraction of sp³-hybridized carbons (Fsp3) is 0.500. The minimum Gasteiger partial charge on any atom is -0.342 e. The molecule has 2 fully saturated rings. The van der Waals surface area contributed by atoms with E-state index in [4.69, 9.17) is 0 Å². The van der Waals surface area contributed by atoms with E-state index in [2.05, 4.69) is 57.2 Å². The Balaban J connectivity index is 1.27. The van der Waals surface area contributed by atoms with Crippen LogP contribution in [0.5, 0.6) is 0 Å². The van der Waals surface area contributed by atoms with Gasteiger partial charge in [-0.05, 0) is 73.9 Å². The lowest BCUT2D eigenvalue weighted by Crippen LogP contribution is -2.52. The van der Waals surface area contributed by atoms with E-state index >= 15 is 0 Å². The summed E-state index contributed by atoms with van der Waals surface area (Å²) < 4.78 is 0. The summed E-state index contributed by atoms with van der Waals surface area (Å²) in [6.07, 6.45) is 9.96. The molecule has 1 spiro atoms. The van der Waals surface area contributed by atoms with E-state index in [1.807, 2.05) is 12.4 Å². The van der Waals surface area contributed by atoms with E-state index in [1.165, 1.54) is 37.1 Å². The predicted molar refractivity (Wildman–Crippen MR) is 112 cm³/mol. The number of amides is 1. The van der Waals surface area contributed by atoms with Crippen LogP contribution in [0.15, 0.2) is 54.9 Å². The summed E-state index contributed by atoms with van der Waals surface area (Å²) in [7, 11) is 0. The Bertz CT molecular complexity index is 754. The Morgan fingerprint density at radius 3 is 2.29 bits per heavy atom. The highest BCUT2D eigenvalue weighted by atomic mass is 16.2. The van der Waals surface area contributed by atoms with Crippen molar-refractivity contribution < 1.29 is 4.79 Å². The molecule has 1 amide bonds. The van der Waals surface area contributed by atoms with E-state index in [0.29, 0.717) is 11.3 Å². The second-order valence-electron chi connectivity index (χ2n) is 8.50. The molecule has 4 nitrogen and oxygen atoms in total. The maximum absolute atomic E-state index is 12.5. The van der Waals surface area contributed by atoms with Crippen molar-refractivity contribution in [3.63, 3.8) is 0 Å². The third-order valence-electron chi connectivity index (χ3n) is 6.64. The molecule has 0 unspecified atom stereocenters. The van der Waals surface area contributed by atoms with Gasteiger partial charge in [-0.2, -0.15) is 0 Å². The Kier molecular flexibility index (Phi) is 6.06. The molecule has 0 aliphatic carbocycles. The van der Waals surface area contributed by atoms with Gasteiger partial charge in [-0.25, -0.2) is 0 Å². The Labute approximate surface area is 168 Å². The zero-order valence-corrected chi connectivity index (χ0v) is 16.7. The lowest BCUT2D eigenvalue weighted by molar-refractivity contribution is -0.139. The third kappa shape index (κ3) is 4.79. The summed E-state index contributed by atoms with van der Waals surface area (Å²) in [5, 5.41) is 0. The number of rotatable bonds is 6. The molecule has 0 N–H and O–H groups in total. The summed E-state index contributed by atoms with van der Waals surface area (Å²) >= 11 is 0. The predicted octanol–water partition coefficient (Wildman–Crippen LogP) is 3.57. The van der Waals surface area contributed by atoms with Crippen molar-refractivity contribution in [3.05, 3.63) is 66.0 Å². The van der Waals surface area contributed by atoms with Gasteiger partial charge in [-0.15, -0.1) is 0 Å². The average Bonchev–Trinajstić information content (AvgIpc) is 2.76. The standard InChI is InChI=1S/C24H31N3O/c28-23-6-11-24(20-27(23)17-10-22-7-14-25-15-8-22)12-18-26(19-13-24)16-9-21-4-2-1-3-5-21/h1-5,7-8,14-15H,6,9-13,16-20H2. The number of pyridine rings is 1. The van der Waals surface area contributed by atoms with Gasteiger partial charge in [0.1, 0.15) is 0 Å². The summed E-state index contributed by atoms with van der Waals surface area (Å²) in [5.74, 6) is 0.339. The van der Waals surface area contributed by atoms with Gasteiger partial charge >= 0.3 is 0 Å². The molecule has 2 aliphatic rings. The summed E-state index contributed by atoms with van der Waals surface area (Å²) in [6, 6.07) is 14.9. The fourth-order valence-electron chi connectivity index (χ4n) is 4.71. The lowest BCUT2D eigenvalue weighted by atomic mass is 9.72. The number of nitrogens with zero attached hydrogens (tertiary/aromatic N) is 3. The molecule has 2 aliphatic heterocycles. The number of aromatic nitrogens is 1. The minimum absolute atomic E-state index is 0.339. The van der Waals surface area contributed by atoms with Crippen molar-refractivity contribution >= 4 is 5.91 Å². The molecule has 4 heteroatoms. The van der Waals surface area contributed by atoms with Crippen LogP contribution in [0.3, 0.4) is 0 Å². The van der Waals surface area contributed by atoms with Crippen molar-refractivity contribution in [1.29, 1.82) is 0 Å². The van der Waals surface area contributed by atoms with E-state index in [0.717, 1.165) is 45.3 Å². The summed E-state index contributed by atoms with van der Waals surface area (Å²) in [5.41, 5.74) is 3.03. The maximum Gasteiger partial charge on any atom is 0.222 e. The summed E-state index contributed by atoms with van der Waals surface area (Å²) in [4.78, 5) is 21.3. The second kappa shape index (κ2) is 8.87. The van der Waals surface area contributed by atoms with Crippen molar-refractivity contribution in [3.8, 4) is 0 Å². The number of carbonyl (C=O) groups excluding carboxylic acids is 1. The third-order valence-corrected chi connectivity index (χ3v) is 6.64. The first-order chi connectivity index (χ1) is 13.7. The molecule has 1 aromatic heterocycles. The first-order valence-corrected chi connectivity index (χ1v) is 10.7. The van der Waals surface area contributed by atoms with Gasteiger partial charge in [0.05, 0.1) is 0 Å². The average molecular weight is 378 g/mol. The molecule has 2 aromatic rings. The molecule has 0 saturated carbocycles. The van der Waals surface area contributed by atoms with Crippen molar-refractivity contribution in [2.75, 3.05) is 32.7 Å². The molecule has 28 heavy (non-hydrogen) atoms. The van der Waals surface area contributed by atoms with Gasteiger partial charge in [0.25, 0.3) is 0 Å². The largest absolute Gasteiger partial charge is 0.342 e. The van der Waals surface area contributed by atoms with Crippen LogP contribution in [-0.4, -0.2) is 53.4 Å². The highest BCUT2D eigenvalue weighted by Crippen LogP contribution is 2.40. The highest BCUT2D eigenvalue weighted by Gasteiger charge is 2.40. The van der Waals surface area contributed by atoms with Crippen LogP contribution in [0.2, 0.25) is 0 Å². The van der Waals surface area contributed by atoms with Gasteiger partial charge in [0.15, 0.2) is 0 Å². The lowest BCUT2D eigenvalue weighted by Gasteiger charge is -2.47. The molecule has 2 saturated heterocycles. The van der Waals surface area contributed by atoms with Gasteiger partial charge in [0.2, 0.25) is 5.91 Å². The molecule has 148 valence electrons. The van der Waals surface area contributed by atoms with Crippen LogP contribution < -0.4 is 0 Å². The van der Waals surface area contributed by atoms with Crippen LogP contribution in [0.4, 0.5) is 0 Å². The number of piperidine rings is 2. The first kappa shape index (κ1) is 19.1. The quantitative estimate of drug-likeness (QED) is 0.772. The van der Waals surface area contributed by atoms with Crippen LogP contribution in [0.1, 0.15) is 36.8 Å². The van der Waals surface area contributed by atoms with Crippen molar-refractivity contribution in [2.24, 2.45) is 5.41 Å². The van der Waals surface area contributed by atoms with Crippen molar-refractivity contribution in [1.82, 2.24) is 14.8 Å². The van der Waals surface area contributed by atoms with Crippen molar-refractivity contribution in [2.45, 2.75) is 38.5 Å². The molecule has 0 atom stereocenters. The fourth-order valence-corrected chi connectivity index (χ4v) is 4.71. The molecule has 0 radical (unpaired) electrons. The SMILES string of the molecule is O=C1CCC2(CCN(CCc3ccccc3)CC2)CN1CCc1ccncc1. The van der Waals surface area contributed by atoms with Gasteiger partial charge in [0, 0.05) is 38.4 Å². The van der Waals surface area contributed by atoms with Crippen LogP contribution in [-0.2, 0) is 17.6 Å². The highest BCUT2D eigenvalue weighted by molar-refractivity contribution is 5.77. The van der Waals surface area contributed by atoms with Gasteiger partial charge in [-0.1, -0.05) is 30.3 Å². The van der Waals surface area contributed by atoms with Gasteiger partial charge in [-0.3, -0.25) is 9.78 Å². The summed E-state index contributed by atoms with van der Waals surface area (Å²) in [6.45, 7) is 5.26. The monoisotopic (exact) mass is 377 g/mol. The van der Waals surface area contributed by atoms with Gasteiger partial charge < -0.3 is 9.80 Å². The van der Waals surface area contributed by atoms with E-state index < -0.39 is 0 Å². The topological polar surface area (TPSA) is 36.4 Å². The first-order valence-electron chi connectivity index (χ1n) is 10.7. The number of benzene rings is 1. The van der Waals surface area contributed by atoms with Crippen LogP contribution in [0.25, 0.3) is 0 Å².